The summed E-state index contributed by atoms with van der Waals surface area (Å²) in [6.07, 6.45) is 13.2. The highest BCUT2D eigenvalue weighted by molar-refractivity contribution is 7.75. The molecule has 0 aromatic rings. The Balaban J connectivity index is -0.000000385. The number of halogens is 3. The highest BCUT2D eigenvalue weighted by Crippen LogP contribution is 2.58. The summed E-state index contributed by atoms with van der Waals surface area (Å²) in [6, 6.07) is 0. The van der Waals surface area contributed by atoms with Crippen LogP contribution in [0.25, 0.3) is 0 Å². The normalized spacial score (nSPS) is 14.2. The lowest BCUT2D eigenvalue weighted by molar-refractivity contribution is -0.0684. The molecule has 0 aliphatic rings. The van der Waals surface area contributed by atoms with Crippen molar-refractivity contribution >= 4 is 24.8 Å². The predicted molar refractivity (Wildman–Crippen MR) is 106 cm³/mol. The van der Waals surface area contributed by atoms with Crippen molar-refractivity contribution in [3.8, 4) is 0 Å². The molecule has 0 fully saturated rings. The molecular formula is C15H37F3O3P3+. The van der Waals surface area contributed by atoms with Gasteiger partial charge in [0.05, 0.1) is 18.5 Å². The minimum absolute atomic E-state index is 0. The predicted octanol–water partition coefficient (Wildman–Crippen LogP) is 6.43. The first kappa shape index (κ1) is 29.6. The minimum atomic E-state index is -5.36. The summed E-state index contributed by atoms with van der Waals surface area (Å²) < 4.78 is 46.7. The Labute approximate surface area is 150 Å². The van der Waals surface area contributed by atoms with E-state index in [9.17, 15) is 17.7 Å². The molecular weight excluding hydrogens is 378 g/mol. The Morgan fingerprint density at radius 2 is 1.25 bits per heavy atom. The van der Waals surface area contributed by atoms with Crippen LogP contribution in [0.3, 0.4) is 0 Å². The van der Waals surface area contributed by atoms with Crippen molar-refractivity contribution in [2.24, 2.45) is 0 Å². The molecule has 2 unspecified atom stereocenters. The quantitative estimate of drug-likeness (QED) is 0.418. The molecule has 0 saturated carbocycles. The maximum absolute atomic E-state index is 11.2. The van der Waals surface area contributed by atoms with Gasteiger partial charge in [0.2, 0.25) is 0 Å². The van der Waals surface area contributed by atoms with E-state index in [0.717, 1.165) is 0 Å². The molecule has 9 heteroatoms. The first-order valence-corrected chi connectivity index (χ1v) is 12.7. The summed E-state index contributed by atoms with van der Waals surface area (Å²) in [7, 11) is -5.35. The fraction of sp³-hybridized carbons (Fsp3) is 1.00. The fourth-order valence-electron chi connectivity index (χ4n) is 2.06. The number of rotatable bonds is 10. The van der Waals surface area contributed by atoms with Gasteiger partial charge < -0.3 is 9.42 Å². The van der Waals surface area contributed by atoms with Crippen molar-refractivity contribution in [2.45, 2.75) is 65.2 Å². The third kappa shape index (κ3) is 14.0. The second kappa shape index (κ2) is 14.9. The first-order chi connectivity index (χ1) is 10.5. The van der Waals surface area contributed by atoms with Crippen LogP contribution in [0.2, 0.25) is 0 Å². The highest BCUT2D eigenvalue weighted by Gasteiger charge is 2.51. The van der Waals surface area contributed by atoms with Gasteiger partial charge in [-0.3, -0.25) is 4.57 Å². The van der Waals surface area contributed by atoms with Crippen molar-refractivity contribution in [1.29, 1.82) is 0 Å². The summed E-state index contributed by atoms with van der Waals surface area (Å²) >= 11 is 0. The maximum atomic E-state index is 11.2. The van der Waals surface area contributed by atoms with Crippen LogP contribution in [-0.4, -0.2) is 43.1 Å². The molecule has 0 aliphatic carbocycles. The van der Waals surface area contributed by atoms with Gasteiger partial charge in [0.1, 0.15) is 0 Å². The van der Waals surface area contributed by atoms with Crippen LogP contribution in [0.1, 0.15) is 59.3 Å². The van der Waals surface area contributed by atoms with Crippen molar-refractivity contribution < 1.29 is 27.2 Å². The van der Waals surface area contributed by atoms with Crippen LogP contribution in [0.15, 0.2) is 0 Å². The van der Waals surface area contributed by atoms with Gasteiger partial charge in [-0.1, -0.05) is 40.0 Å². The lowest BCUT2D eigenvalue weighted by Gasteiger charge is -2.22. The molecule has 0 heterocycles. The molecule has 24 heavy (non-hydrogen) atoms. The van der Waals surface area contributed by atoms with E-state index in [1.807, 2.05) is 0 Å². The Kier molecular flexibility index (Phi) is 18.4. The summed E-state index contributed by atoms with van der Waals surface area (Å²) in [5.41, 5.74) is 0. The van der Waals surface area contributed by atoms with Gasteiger partial charge in [-0.25, -0.2) is 0 Å². The van der Waals surface area contributed by atoms with Crippen molar-refractivity contribution in [1.82, 2.24) is 0 Å². The zero-order valence-corrected chi connectivity index (χ0v) is 19.1. The first-order valence-electron chi connectivity index (χ1n) is 8.28. The Bertz CT molecular complexity index is 318. The highest BCUT2D eigenvalue weighted by atomic mass is 31.2. The third-order valence-electron chi connectivity index (χ3n) is 3.72. The van der Waals surface area contributed by atoms with Crippen LogP contribution < -0.4 is 0 Å². The van der Waals surface area contributed by atoms with E-state index in [0.29, 0.717) is 7.11 Å². The van der Waals surface area contributed by atoms with E-state index in [2.05, 4.69) is 32.0 Å². The molecule has 3 nitrogen and oxygen atoms in total. The van der Waals surface area contributed by atoms with E-state index in [1.165, 1.54) is 38.5 Å². The third-order valence-corrected chi connectivity index (χ3v) is 9.05. The number of hydrogen-bond donors (Lipinski definition) is 1. The molecule has 0 rings (SSSR count). The topological polar surface area (TPSA) is 46.5 Å². The van der Waals surface area contributed by atoms with E-state index in [1.54, 1.807) is 18.5 Å². The summed E-state index contributed by atoms with van der Waals surface area (Å²) in [6.45, 7) is 9.59. The average molecular weight is 415 g/mol. The Morgan fingerprint density at radius 1 is 0.958 bits per heavy atom. The monoisotopic (exact) mass is 415 g/mol. The molecule has 0 radical (unpaired) electrons. The van der Waals surface area contributed by atoms with Crippen LogP contribution in [0.4, 0.5) is 13.2 Å². The molecule has 0 aromatic carbocycles. The zero-order chi connectivity index (χ0) is 18.6. The van der Waals surface area contributed by atoms with E-state index >= 15 is 0 Å². The van der Waals surface area contributed by atoms with Gasteiger partial charge in [0.25, 0.3) is 0 Å². The SMILES string of the molecule is CCCC[P+](C)(CCCC)CCCC.COP(=O)(O)C(F)(F)F.P. The Morgan fingerprint density at radius 3 is 1.38 bits per heavy atom. The van der Waals surface area contributed by atoms with Gasteiger partial charge in [-0.2, -0.15) is 23.1 Å². The second-order valence-corrected chi connectivity index (χ2v) is 12.5. The van der Waals surface area contributed by atoms with Crippen molar-refractivity contribution in [3.05, 3.63) is 0 Å². The largest absolute Gasteiger partial charge is 0.493 e. The molecule has 2 atom stereocenters. The molecule has 0 amide bonds. The maximum Gasteiger partial charge on any atom is 0.493 e. The lowest BCUT2D eigenvalue weighted by Crippen LogP contribution is -2.08. The average Bonchev–Trinajstić information content (AvgIpc) is 2.48. The Hall–Kier alpha value is 0.800. The van der Waals surface area contributed by atoms with Gasteiger partial charge in [0.15, 0.2) is 0 Å². The molecule has 0 aliphatic heterocycles. The molecule has 150 valence electrons. The van der Waals surface area contributed by atoms with Crippen LogP contribution in [0, 0.1) is 0 Å². The van der Waals surface area contributed by atoms with Gasteiger partial charge in [0, 0.05) is 21.0 Å². The van der Waals surface area contributed by atoms with Crippen molar-refractivity contribution in [3.63, 3.8) is 0 Å². The van der Waals surface area contributed by atoms with Gasteiger partial charge >= 0.3 is 13.5 Å². The molecule has 0 saturated heterocycles. The minimum Gasteiger partial charge on any atom is -0.318 e. The van der Waals surface area contributed by atoms with Gasteiger partial charge in [-0.15, -0.1) is 0 Å². The van der Waals surface area contributed by atoms with E-state index in [4.69, 9.17) is 4.89 Å². The van der Waals surface area contributed by atoms with Crippen LogP contribution in [-0.2, 0) is 9.09 Å². The van der Waals surface area contributed by atoms with Crippen LogP contribution >= 0.6 is 24.8 Å². The summed E-state index contributed by atoms with van der Waals surface area (Å²) in [5, 5.41) is 0. The number of unbranched alkanes of at least 4 members (excludes halogenated alkanes) is 3. The zero-order valence-electron chi connectivity index (χ0n) is 15.9. The smallest absolute Gasteiger partial charge is 0.318 e. The van der Waals surface area contributed by atoms with E-state index in [-0.39, 0.29) is 9.90 Å². The molecule has 0 spiro atoms. The molecule has 1 N–H and O–H groups in total. The number of alkyl halides is 3. The standard InChI is InChI=1S/C13H30P.C2H4F3O3P.H3P/c1-5-8-11-14(4,12-9-6-2)13-10-7-3;1-8-9(6,7)2(3,4)5;/h5-13H2,1-4H3;1H3,(H,6,7);1H3/q+1;;. The molecule has 0 aromatic heterocycles. The number of hydrogen-bond acceptors (Lipinski definition) is 2. The summed E-state index contributed by atoms with van der Waals surface area (Å²) in [5.74, 6) is -5.16. The summed E-state index contributed by atoms with van der Waals surface area (Å²) in [4.78, 5) is 7.87. The second-order valence-electron chi connectivity index (χ2n) is 6.02. The lowest BCUT2D eigenvalue weighted by atomic mass is 10.4. The fourth-order valence-corrected chi connectivity index (χ4v) is 6.18. The van der Waals surface area contributed by atoms with Gasteiger partial charge in [-0.05, 0) is 19.3 Å². The molecule has 0 bridgehead atoms. The van der Waals surface area contributed by atoms with E-state index < -0.39 is 20.8 Å². The van der Waals surface area contributed by atoms with Crippen molar-refractivity contribution in [2.75, 3.05) is 32.3 Å². The van der Waals surface area contributed by atoms with Crippen LogP contribution in [0.5, 0.6) is 0 Å².